The lowest BCUT2D eigenvalue weighted by atomic mass is 10.3. The Balaban J connectivity index is 1.87. The number of halogens is 3. The molecule has 6 nitrogen and oxygen atoms in total. The molecule has 0 amide bonds. The van der Waals surface area contributed by atoms with Gasteiger partial charge in [0.2, 0.25) is 0 Å². The lowest BCUT2D eigenvalue weighted by Gasteiger charge is -2.04. The van der Waals surface area contributed by atoms with Crippen molar-refractivity contribution in [1.29, 1.82) is 0 Å². The summed E-state index contributed by atoms with van der Waals surface area (Å²) in [6.45, 7) is 5.38. The van der Waals surface area contributed by atoms with Crippen LogP contribution in [-0.2, 0) is 25.8 Å². The van der Waals surface area contributed by atoms with Gasteiger partial charge < -0.3 is 5.32 Å². The van der Waals surface area contributed by atoms with Gasteiger partial charge in [0.1, 0.15) is 0 Å². The SMILES string of the molecule is CC(C)NCc1cn(CCn2ccc(C(F)(F)F)n2)nn1. The zero-order valence-electron chi connectivity index (χ0n) is 11.8. The van der Waals surface area contributed by atoms with Crippen LogP contribution in [0.15, 0.2) is 18.5 Å². The Morgan fingerprint density at radius 1 is 1.24 bits per heavy atom. The third-order valence-electron chi connectivity index (χ3n) is 2.77. The predicted octanol–water partition coefficient (Wildman–Crippen LogP) is 1.69. The first kappa shape index (κ1) is 15.5. The highest BCUT2D eigenvalue weighted by atomic mass is 19.4. The van der Waals surface area contributed by atoms with Crippen LogP contribution in [0.25, 0.3) is 0 Å². The van der Waals surface area contributed by atoms with Gasteiger partial charge in [-0.25, -0.2) is 0 Å². The fraction of sp³-hybridized carbons (Fsp3) is 0.583. The number of aromatic nitrogens is 5. The molecule has 0 aliphatic rings. The molecule has 0 saturated carbocycles. The number of rotatable bonds is 6. The highest BCUT2D eigenvalue weighted by Gasteiger charge is 2.33. The molecule has 0 saturated heterocycles. The molecule has 0 radical (unpaired) electrons. The molecule has 2 rings (SSSR count). The first-order valence-corrected chi connectivity index (χ1v) is 6.57. The normalized spacial score (nSPS) is 12.3. The average molecular weight is 302 g/mol. The van der Waals surface area contributed by atoms with E-state index in [4.69, 9.17) is 0 Å². The molecule has 116 valence electrons. The van der Waals surface area contributed by atoms with E-state index in [9.17, 15) is 13.2 Å². The summed E-state index contributed by atoms with van der Waals surface area (Å²) in [5.74, 6) is 0. The standard InChI is InChI=1S/C12H17F3N6/c1-9(2)16-7-10-8-21(19-17-10)6-5-20-4-3-11(18-20)12(13,14)15/h3-4,8-9,16H,5-7H2,1-2H3. The van der Waals surface area contributed by atoms with Gasteiger partial charge in [0.15, 0.2) is 5.69 Å². The molecule has 2 aromatic heterocycles. The highest BCUT2D eigenvalue weighted by Crippen LogP contribution is 2.27. The molecule has 2 heterocycles. The molecule has 1 N–H and O–H groups in total. The van der Waals surface area contributed by atoms with Crippen molar-refractivity contribution in [2.75, 3.05) is 0 Å². The van der Waals surface area contributed by atoms with Crippen molar-refractivity contribution in [3.63, 3.8) is 0 Å². The molecule has 0 spiro atoms. The first-order chi connectivity index (χ1) is 9.84. The third-order valence-corrected chi connectivity index (χ3v) is 2.77. The average Bonchev–Trinajstić information content (AvgIpc) is 3.02. The Kier molecular flexibility index (Phi) is 4.61. The van der Waals surface area contributed by atoms with E-state index in [1.807, 2.05) is 13.8 Å². The van der Waals surface area contributed by atoms with Gasteiger partial charge in [-0.1, -0.05) is 19.1 Å². The smallest absolute Gasteiger partial charge is 0.309 e. The van der Waals surface area contributed by atoms with Crippen molar-refractivity contribution in [3.05, 3.63) is 29.8 Å². The lowest BCUT2D eigenvalue weighted by Crippen LogP contribution is -2.21. The van der Waals surface area contributed by atoms with Gasteiger partial charge in [0.25, 0.3) is 0 Å². The summed E-state index contributed by atoms with van der Waals surface area (Å²) >= 11 is 0. The summed E-state index contributed by atoms with van der Waals surface area (Å²) in [7, 11) is 0. The van der Waals surface area contributed by atoms with Crippen LogP contribution in [0.3, 0.4) is 0 Å². The second-order valence-corrected chi connectivity index (χ2v) is 4.97. The molecule has 9 heteroatoms. The van der Waals surface area contributed by atoms with Crippen molar-refractivity contribution in [3.8, 4) is 0 Å². The monoisotopic (exact) mass is 302 g/mol. The molecule has 0 aliphatic carbocycles. The van der Waals surface area contributed by atoms with Gasteiger partial charge in [-0.3, -0.25) is 9.36 Å². The van der Waals surface area contributed by atoms with Crippen LogP contribution in [0.1, 0.15) is 25.2 Å². The summed E-state index contributed by atoms with van der Waals surface area (Å²) in [6, 6.07) is 1.30. The largest absolute Gasteiger partial charge is 0.435 e. The molecule has 0 atom stereocenters. The van der Waals surface area contributed by atoms with Crippen molar-refractivity contribution in [1.82, 2.24) is 30.1 Å². The van der Waals surface area contributed by atoms with E-state index in [0.29, 0.717) is 25.7 Å². The minimum Gasteiger partial charge on any atom is -0.309 e. The molecule has 0 aliphatic heterocycles. The van der Waals surface area contributed by atoms with Crippen molar-refractivity contribution in [2.45, 2.75) is 45.7 Å². The first-order valence-electron chi connectivity index (χ1n) is 6.57. The van der Waals surface area contributed by atoms with Crippen LogP contribution in [0.5, 0.6) is 0 Å². The second kappa shape index (κ2) is 6.25. The van der Waals surface area contributed by atoms with E-state index in [1.54, 1.807) is 10.9 Å². The zero-order chi connectivity index (χ0) is 15.5. The van der Waals surface area contributed by atoms with Crippen LogP contribution >= 0.6 is 0 Å². The summed E-state index contributed by atoms with van der Waals surface area (Å²) in [5, 5.41) is 14.6. The number of hydrogen-bond acceptors (Lipinski definition) is 4. The number of nitrogens with one attached hydrogen (secondary N) is 1. The summed E-state index contributed by atoms with van der Waals surface area (Å²) in [5.41, 5.74) is -0.0944. The highest BCUT2D eigenvalue weighted by molar-refractivity contribution is 5.03. The maximum absolute atomic E-state index is 12.4. The molecule has 21 heavy (non-hydrogen) atoms. The topological polar surface area (TPSA) is 60.6 Å². The fourth-order valence-electron chi connectivity index (χ4n) is 1.68. The Hall–Kier alpha value is -1.90. The Morgan fingerprint density at radius 3 is 2.57 bits per heavy atom. The second-order valence-electron chi connectivity index (χ2n) is 4.97. The molecular weight excluding hydrogens is 285 g/mol. The number of aryl methyl sites for hydroxylation is 2. The maximum Gasteiger partial charge on any atom is 0.435 e. The van der Waals surface area contributed by atoms with Gasteiger partial charge in [-0.2, -0.15) is 18.3 Å². The zero-order valence-corrected chi connectivity index (χ0v) is 11.8. The number of alkyl halides is 3. The van der Waals surface area contributed by atoms with Crippen molar-refractivity contribution in [2.24, 2.45) is 0 Å². The number of hydrogen-bond donors (Lipinski definition) is 1. The quantitative estimate of drug-likeness (QED) is 0.882. The van der Waals surface area contributed by atoms with Crippen molar-refractivity contribution < 1.29 is 13.2 Å². The maximum atomic E-state index is 12.4. The fourth-order valence-corrected chi connectivity index (χ4v) is 1.68. The summed E-state index contributed by atoms with van der Waals surface area (Å²) < 4.78 is 40.1. The van der Waals surface area contributed by atoms with E-state index in [-0.39, 0.29) is 0 Å². The van der Waals surface area contributed by atoms with Gasteiger partial charge in [-0.05, 0) is 6.07 Å². The summed E-state index contributed by atoms with van der Waals surface area (Å²) in [6.07, 6.45) is -1.33. The minimum absolute atomic E-state index is 0.302. The molecule has 0 fully saturated rings. The van der Waals surface area contributed by atoms with E-state index in [1.165, 1.54) is 10.9 Å². The minimum atomic E-state index is -4.41. The van der Waals surface area contributed by atoms with Gasteiger partial charge >= 0.3 is 6.18 Å². The predicted molar refractivity (Wildman–Crippen MR) is 69.2 cm³/mol. The molecule has 0 aromatic carbocycles. The molecular formula is C12H17F3N6. The van der Waals surface area contributed by atoms with Gasteiger partial charge in [0, 0.05) is 25.0 Å². The van der Waals surface area contributed by atoms with Crippen LogP contribution in [0, 0.1) is 0 Å². The summed E-state index contributed by atoms with van der Waals surface area (Å²) in [4.78, 5) is 0. The van der Waals surface area contributed by atoms with Crippen LogP contribution in [-0.4, -0.2) is 30.8 Å². The van der Waals surface area contributed by atoms with E-state index in [2.05, 4.69) is 20.7 Å². The van der Waals surface area contributed by atoms with Crippen LogP contribution in [0.4, 0.5) is 13.2 Å². The Morgan fingerprint density at radius 2 is 1.95 bits per heavy atom. The lowest BCUT2D eigenvalue weighted by molar-refractivity contribution is -0.141. The third kappa shape index (κ3) is 4.55. The molecule has 2 aromatic rings. The Labute approximate surface area is 119 Å². The Bertz CT molecular complexity index is 572. The van der Waals surface area contributed by atoms with Gasteiger partial charge in [-0.15, -0.1) is 5.10 Å². The van der Waals surface area contributed by atoms with Gasteiger partial charge in [0.05, 0.1) is 18.8 Å². The van der Waals surface area contributed by atoms with E-state index >= 15 is 0 Å². The van der Waals surface area contributed by atoms with Crippen LogP contribution < -0.4 is 5.32 Å². The van der Waals surface area contributed by atoms with Crippen molar-refractivity contribution >= 4 is 0 Å². The number of nitrogens with zero attached hydrogens (tertiary/aromatic N) is 5. The van der Waals surface area contributed by atoms with E-state index < -0.39 is 11.9 Å². The molecule has 0 unspecified atom stereocenters. The van der Waals surface area contributed by atoms with Crippen LogP contribution in [0.2, 0.25) is 0 Å². The van der Waals surface area contributed by atoms with E-state index in [0.717, 1.165) is 11.8 Å². The molecule has 0 bridgehead atoms.